The number of benzene rings is 2. The van der Waals surface area contributed by atoms with Crippen LogP contribution in [-0.2, 0) is 17.6 Å². The van der Waals surface area contributed by atoms with Crippen molar-refractivity contribution in [2.45, 2.75) is 46.6 Å². The lowest BCUT2D eigenvalue weighted by Gasteiger charge is -2.18. The van der Waals surface area contributed by atoms with Crippen LogP contribution in [0.1, 0.15) is 39.7 Å². The molecule has 0 bridgehead atoms. The van der Waals surface area contributed by atoms with E-state index in [-0.39, 0.29) is 11.7 Å². The zero-order valence-corrected chi connectivity index (χ0v) is 17.2. The summed E-state index contributed by atoms with van der Waals surface area (Å²) in [6.45, 7) is 8.55. The molecule has 2 aromatic carbocycles. The molecule has 1 amide bonds. The van der Waals surface area contributed by atoms with Gasteiger partial charge in [-0.05, 0) is 78.9 Å². The van der Waals surface area contributed by atoms with Crippen molar-refractivity contribution in [3.8, 4) is 0 Å². The number of amides is 1. The van der Waals surface area contributed by atoms with Crippen LogP contribution in [0, 0.1) is 33.5 Å². The molecule has 7 heteroatoms. The van der Waals surface area contributed by atoms with Crippen molar-refractivity contribution < 1.29 is 9.18 Å². The fourth-order valence-electron chi connectivity index (χ4n) is 3.69. The average Bonchev–Trinajstić information content (AvgIpc) is 3.08. The minimum Gasteiger partial charge on any atom is -0.354 e. The van der Waals surface area contributed by atoms with Crippen molar-refractivity contribution in [2.24, 2.45) is 0 Å². The lowest BCUT2D eigenvalue weighted by molar-refractivity contribution is -0.124. The number of aryl methyl sites for hydroxylation is 4. The minimum atomic E-state index is -0.601. The van der Waals surface area contributed by atoms with E-state index in [0.717, 1.165) is 12.0 Å². The molecule has 6 nitrogen and oxygen atoms in total. The summed E-state index contributed by atoms with van der Waals surface area (Å²) in [6.07, 6.45) is 1.13. The number of carbonyl (C=O) groups is 1. The third-order valence-corrected chi connectivity index (χ3v) is 5.11. The van der Waals surface area contributed by atoms with Crippen LogP contribution in [0.25, 0.3) is 0 Å². The Kier molecular flexibility index (Phi) is 6.36. The van der Waals surface area contributed by atoms with Gasteiger partial charge in [-0.1, -0.05) is 29.8 Å². The van der Waals surface area contributed by atoms with Gasteiger partial charge in [0, 0.05) is 13.0 Å². The number of carbonyl (C=O) groups excluding carboxylic acids is 1. The van der Waals surface area contributed by atoms with E-state index in [4.69, 9.17) is 0 Å². The Balaban J connectivity index is 1.72. The largest absolute Gasteiger partial charge is 0.354 e. The molecule has 1 atom stereocenters. The molecule has 0 spiro atoms. The zero-order chi connectivity index (χ0) is 21.0. The fourth-order valence-corrected chi connectivity index (χ4v) is 3.69. The van der Waals surface area contributed by atoms with Gasteiger partial charge in [0.2, 0.25) is 5.91 Å². The molecule has 152 valence electrons. The first-order valence-electron chi connectivity index (χ1n) is 9.68. The second-order valence-corrected chi connectivity index (χ2v) is 7.44. The van der Waals surface area contributed by atoms with Crippen molar-refractivity contribution >= 4 is 5.91 Å². The molecule has 1 aromatic heterocycles. The maximum Gasteiger partial charge on any atom is 0.245 e. The molecule has 0 aliphatic heterocycles. The van der Waals surface area contributed by atoms with Crippen molar-refractivity contribution in [1.82, 2.24) is 25.5 Å². The van der Waals surface area contributed by atoms with Gasteiger partial charge in [0.15, 0.2) is 0 Å². The minimum absolute atomic E-state index is 0.160. The maximum atomic E-state index is 13.2. The van der Waals surface area contributed by atoms with E-state index in [0.29, 0.717) is 18.8 Å². The van der Waals surface area contributed by atoms with Gasteiger partial charge in [-0.25, -0.2) is 9.07 Å². The van der Waals surface area contributed by atoms with Gasteiger partial charge < -0.3 is 5.32 Å². The highest BCUT2D eigenvalue weighted by molar-refractivity contribution is 5.80. The summed E-state index contributed by atoms with van der Waals surface area (Å²) < 4.78 is 14.7. The predicted octanol–water partition coefficient (Wildman–Crippen LogP) is 3.19. The normalized spacial score (nSPS) is 12.0. The number of nitrogens with one attached hydrogen (secondary N) is 1. The summed E-state index contributed by atoms with van der Waals surface area (Å²) in [7, 11) is 0. The monoisotopic (exact) mass is 395 g/mol. The third-order valence-electron chi connectivity index (χ3n) is 5.11. The van der Waals surface area contributed by atoms with Gasteiger partial charge in [-0.2, -0.15) is 0 Å². The molecule has 0 fully saturated rings. The van der Waals surface area contributed by atoms with E-state index in [1.165, 1.54) is 39.1 Å². The highest BCUT2D eigenvalue weighted by Crippen LogP contribution is 2.18. The number of rotatable bonds is 7. The Morgan fingerprint density at radius 3 is 2.34 bits per heavy atom. The molecule has 1 heterocycles. The molecular formula is C22H26FN5O. The second kappa shape index (κ2) is 8.94. The molecule has 1 unspecified atom stereocenters. The predicted molar refractivity (Wildman–Crippen MR) is 109 cm³/mol. The van der Waals surface area contributed by atoms with Crippen LogP contribution in [0.4, 0.5) is 4.39 Å². The summed E-state index contributed by atoms with van der Waals surface area (Å²) in [5, 5.41) is 14.6. The summed E-state index contributed by atoms with van der Waals surface area (Å²) >= 11 is 0. The van der Waals surface area contributed by atoms with Gasteiger partial charge in [0.25, 0.3) is 0 Å². The van der Waals surface area contributed by atoms with E-state index in [2.05, 4.69) is 53.7 Å². The fraction of sp³-hybridized carbons (Fsp3) is 0.364. The molecule has 0 saturated heterocycles. The Hall–Kier alpha value is -3.09. The molecule has 0 saturated carbocycles. The molecule has 3 aromatic rings. The Morgan fingerprint density at radius 1 is 1.10 bits per heavy atom. The quantitative estimate of drug-likeness (QED) is 0.667. The van der Waals surface area contributed by atoms with E-state index in [1.807, 2.05) is 0 Å². The van der Waals surface area contributed by atoms with Crippen LogP contribution >= 0.6 is 0 Å². The van der Waals surface area contributed by atoms with Gasteiger partial charge in [0.05, 0.1) is 0 Å². The summed E-state index contributed by atoms with van der Waals surface area (Å²) in [4.78, 5) is 13.0. The maximum absolute atomic E-state index is 13.2. The van der Waals surface area contributed by atoms with Crippen molar-refractivity contribution in [1.29, 1.82) is 0 Å². The Morgan fingerprint density at radius 2 is 1.76 bits per heavy atom. The van der Waals surface area contributed by atoms with Gasteiger partial charge in [0.1, 0.15) is 17.7 Å². The number of aromatic nitrogens is 4. The lowest BCUT2D eigenvalue weighted by atomic mass is 9.97. The third kappa shape index (κ3) is 5.04. The first-order valence-corrected chi connectivity index (χ1v) is 9.68. The smallest absolute Gasteiger partial charge is 0.245 e. The number of nitrogens with zero attached hydrogens (tertiary/aromatic N) is 4. The van der Waals surface area contributed by atoms with Crippen molar-refractivity contribution in [3.63, 3.8) is 0 Å². The first-order chi connectivity index (χ1) is 13.8. The number of tetrazole rings is 1. The molecular weight excluding hydrogens is 369 g/mol. The summed E-state index contributed by atoms with van der Waals surface area (Å²) in [5.41, 5.74) is 5.80. The van der Waals surface area contributed by atoms with E-state index < -0.39 is 6.04 Å². The van der Waals surface area contributed by atoms with Gasteiger partial charge in [-0.3, -0.25) is 4.79 Å². The van der Waals surface area contributed by atoms with Crippen LogP contribution in [0.15, 0.2) is 36.4 Å². The molecule has 0 aliphatic rings. The molecule has 3 rings (SSSR count). The van der Waals surface area contributed by atoms with Gasteiger partial charge >= 0.3 is 0 Å². The Bertz CT molecular complexity index is 974. The highest BCUT2D eigenvalue weighted by atomic mass is 19.1. The molecule has 29 heavy (non-hydrogen) atoms. The second-order valence-electron chi connectivity index (χ2n) is 7.44. The average molecular weight is 395 g/mol. The number of hydrogen-bond acceptors (Lipinski definition) is 4. The van der Waals surface area contributed by atoms with E-state index >= 15 is 0 Å². The summed E-state index contributed by atoms with van der Waals surface area (Å²) in [5.74, 6) is 0.0850. The topological polar surface area (TPSA) is 72.7 Å². The lowest BCUT2D eigenvalue weighted by Crippen LogP contribution is -2.36. The van der Waals surface area contributed by atoms with Crippen LogP contribution in [0.2, 0.25) is 0 Å². The van der Waals surface area contributed by atoms with E-state index in [9.17, 15) is 9.18 Å². The van der Waals surface area contributed by atoms with Crippen LogP contribution in [-0.4, -0.2) is 32.7 Å². The Labute approximate surface area is 170 Å². The first kappa shape index (κ1) is 20.6. The van der Waals surface area contributed by atoms with Gasteiger partial charge in [-0.15, -0.1) is 5.10 Å². The molecule has 0 aliphatic carbocycles. The van der Waals surface area contributed by atoms with Crippen LogP contribution in [0.5, 0.6) is 0 Å². The number of halogens is 1. The summed E-state index contributed by atoms with van der Waals surface area (Å²) in [6, 6.07) is 9.84. The SMILES string of the molecule is Cc1cc(C)c(CCNC(=O)C(Cc2ccc(F)cc2)n2nnnc2C)c(C)c1. The molecule has 1 N–H and O–H groups in total. The van der Waals surface area contributed by atoms with Crippen molar-refractivity contribution in [3.05, 3.63) is 75.9 Å². The van der Waals surface area contributed by atoms with Crippen molar-refractivity contribution in [2.75, 3.05) is 6.54 Å². The van der Waals surface area contributed by atoms with Crippen LogP contribution in [0.3, 0.4) is 0 Å². The number of hydrogen-bond donors (Lipinski definition) is 1. The highest BCUT2D eigenvalue weighted by Gasteiger charge is 2.24. The molecule has 0 radical (unpaired) electrons. The standard InChI is InChI=1S/C22H26FN5O/c1-14-11-15(2)20(16(3)12-14)9-10-24-22(29)21(28-17(4)25-26-27-28)13-18-5-7-19(23)8-6-18/h5-8,11-12,21H,9-10,13H2,1-4H3,(H,24,29). The van der Waals surface area contributed by atoms with E-state index in [1.54, 1.807) is 19.1 Å². The van der Waals surface area contributed by atoms with Crippen LogP contribution < -0.4 is 5.32 Å². The zero-order valence-electron chi connectivity index (χ0n) is 17.2.